The molecule has 0 aromatic heterocycles. The first kappa shape index (κ1) is 21.0. The number of hydrogen-bond donors (Lipinski definition) is 3. The van der Waals surface area contributed by atoms with Crippen molar-refractivity contribution in [1.29, 1.82) is 0 Å². The molecule has 0 bridgehead atoms. The number of aliphatic hydroxyl groups excluding tert-OH is 3. The molecule has 0 spiro atoms. The molecule has 4 aliphatic carbocycles. The molecule has 9 atom stereocenters. The van der Waals surface area contributed by atoms with E-state index in [1.165, 1.54) is 25.7 Å². The lowest BCUT2D eigenvalue weighted by Gasteiger charge is -2.70. The van der Waals surface area contributed by atoms with E-state index in [1.54, 1.807) is 0 Å². The normalized spacial score (nSPS) is 54.6. The Hall–Kier alpha value is -0.910. The number of aliphatic hydroxyl groups is 3. The van der Waals surface area contributed by atoms with Gasteiger partial charge in [-0.2, -0.15) is 0 Å². The highest BCUT2D eigenvalue weighted by atomic mass is 16.6. The highest BCUT2D eigenvalue weighted by Crippen LogP contribution is 2.73. The molecule has 5 nitrogen and oxygen atoms in total. The molecule has 0 amide bonds. The fraction of sp³-hybridized carbons (Fsp3) is 0.880. The molecule has 0 radical (unpaired) electrons. The molecule has 1 unspecified atom stereocenters. The topological polar surface area (TPSA) is 87.0 Å². The number of cyclic esters (lactones) is 1. The minimum Gasteiger partial charge on any atom is -0.428 e. The Morgan fingerprint density at radius 1 is 0.867 bits per heavy atom. The van der Waals surface area contributed by atoms with E-state index in [-0.39, 0.29) is 22.3 Å². The van der Waals surface area contributed by atoms with Gasteiger partial charge in [-0.3, -0.25) is 0 Å². The van der Waals surface area contributed by atoms with Crippen LogP contribution in [-0.4, -0.2) is 39.8 Å². The summed E-state index contributed by atoms with van der Waals surface area (Å²) < 4.78 is 5.11. The van der Waals surface area contributed by atoms with Gasteiger partial charge in [0.05, 0.1) is 17.8 Å². The highest BCUT2D eigenvalue weighted by molar-refractivity contribution is 5.94. The Morgan fingerprint density at radius 3 is 2.23 bits per heavy atom. The van der Waals surface area contributed by atoms with Crippen molar-refractivity contribution in [2.75, 3.05) is 0 Å². The van der Waals surface area contributed by atoms with E-state index in [1.807, 2.05) is 6.92 Å². The van der Waals surface area contributed by atoms with Crippen molar-refractivity contribution in [1.82, 2.24) is 0 Å². The zero-order chi connectivity index (χ0) is 21.9. The molecular formula is C25H38O5. The molecule has 3 fully saturated rings. The van der Waals surface area contributed by atoms with Crippen molar-refractivity contribution >= 4 is 5.97 Å². The minimum atomic E-state index is -1.36. The van der Waals surface area contributed by atoms with Crippen LogP contribution in [0.5, 0.6) is 0 Å². The molecule has 0 aromatic rings. The van der Waals surface area contributed by atoms with Crippen LogP contribution in [0.1, 0.15) is 79.6 Å². The zero-order valence-corrected chi connectivity index (χ0v) is 19.1. The third-order valence-corrected chi connectivity index (χ3v) is 10.9. The van der Waals surface area contributed by atoms with Gasteiger partial charge in [-0.25, -0.2) is 4.79 Å². The quantitative estimate of drug-likeness (QED) is 0.524. The van der Waals surface area contributed by atoms with E-state index < -0.39 is 29.9 Å². The molecule has 5 rings (SSSR count). The number of hydrogen-bond acceptors (Lipinski definition) is 5. The summed E-state index contributed by atoms with van der Waals surface area (Å²) in [5.74, 6) is 0.368. The molecule has 30 heavy (non-hydrogen) atoms. The van der Waals surface area contributed by atoms with Gasteiger partial charge in [-0.1, -0.05) is 41.0 Å². The van der Waals surface area contributed by atoms with Gasteiger partial charge in [-0.15, -0.1) is 0 Å². The average molecular weight is 419 g/mol. The standard InChI is InChI=1S/C25H38O5/c1-22(2)8-6-9-23(3)14(22)7-10-24(4)15(23)12-17(27)25(5)16(24)11-13(26)18-19(25)21(29)30-20(18)28/h13-17,21,26-27,29H,6-12H2,1-5H3/t13-,14+,15-,16+,17-,21?,23+,24-,25-/m1/s1. The minimum absolute atomic E-state index is 0.000497. The maximum atomic E-state index is 12.3. The lowest BCUT2D eigenvalue weighted by atomic mass is 9.35. The molecule has 3 N–H and O–H groups in total. The summed E-state index contributed by atoms with van der Waals surface area (Å²) in [7, 11) is 0. The summed E-state index contributed by atoms with van der Waals surface area (Å²) in [5.41, 5.74) is 0.304. The Morgan fingerprint density at radius 2 is 1.53 bits per heavy atom. The molecule has 5 heteroatoms. The molecule has 5 aliphatic rings. The maximum absolute atomic E-state index is 12.3. The van der Waals surface area contributed by atoms with Crippen molar-refractivity contribution in [3.8, 4) is 0 Å². The summed E-state index contributed by atoms with van der Waals surface area (Å²) >= 11 is 0. The summed E-state index contributed by atoms with van der Waals surface area (Å²) in [4.78, 5) is 12.3. The van der Waals surface area contributed by atoms with Gasteiger partial charge in [0, 0.05) is 11.0 Å². The smallest absolute Gasteiger partial charge is 0.339 e. The second-order valence-corrected chi connectivity index (χ2v) is 12.4. The number of carbonyl (C=O) groups excluding carboxylic acids is 1. The van der Waals surface area contributed by atoms with E-state index >= 15 is 0 Å². The number of rotatable bonds is 0. The molecule has 1 aliphatic heterocycles. The second-order valence-electron chi connectivity index (χ2n) is 12.4. The predicted octanol–water partition coefficient (Wildman–Crippen LogP) is 3.56. The van der Waals surface area contributed by atoms with Crippen molar-refractivity contribution in [2.45, 2.75) is 98.1 Å². The van der Waals surface area contributed by atoms with Crippen LogP contribution in [0, 0.1) is 39.4 Å². The first-order valence-corrected chi connectivity index (χ1v) is 11.9. The van der Waals surface area contributed by atoms with Crippen molar-refractivity contribution in [3.05, 3.63) is 11.1 Å². The summed E-state index contributed by atoms with van der Waals surface area (Å²) in [6.45, 7) is 11.6. The Labute approximate surface area is 179 Å². The van der Waals surface area contributed by atoms with Gasteiger partial charge in [0.2, 0.25) is 6.29 Å². The molecule has 0 saturated heterocycles. The Bertz CT molecular complexity index is 816. The fourth-order valence-corrected chi connectivity index (χ4v) is 9.59. The van der Waals surface area contributed by atoms with E-state index in [2.05, 4.69) is 27.7 Å². The lowest BCUT2D eigenvalue weighted by Crippen LogP contribution is -2.66. The highest BCUT2D eigenvalue weighted by Gasteiger charge is 2.69. The maximum Gasteiger partial charge on any atom is 0.339 e. The van der Waals surface area contributed by atoms with Crippen molar-refractivity contribution in [2.24, 2.45) is 39.4 Å². The Kier molecular flexibility index (Phi) is 4.27. The van der Waals surface area contributed by atoms with Gasteiger partial charge in [0.25, 0.3) is 0 Å². The average Bonchev–Trinajstić information content (AvgIpc) is 2.95. The zero-order valence-electron chi connectivity index (χ0n) is 19.1. The van der Waals surface area contributed by atoms with Crippen LogP contribution in [0.4, 0.5) is 0 Å². The first-order valence-electron chi connectivity index (χ1n) is 11.9. The third kappa shape index (κ3) is 2.32. The summed E-state index contributed by atoms with van der Waals surface area (Å²) in [5, 5.41) is 33.1. The van der Waals surface area contributed by atoms with Crippen molar-refractivity contribution < 1.29 is 24.9 Å². The van der Waals surface area contributed by atoms with E-state index in [0.717, 1.165) is 6.42 Å². The number of ether oxygens (including phenoxy) is 1. The number of carbonyl (C=O) groups is 1. The van der Waals surface area contributed by atoms with Gasteiger partial charge in [0.15, 0.2) is 0 Å². The van der Waals surface area contributed by atoms with Crippen LogP contribution in [-0.2, 0) is 9.53 Å². The van der Waals surface area contributed by atoms with Crippen LogP contribution < -0.4 is 0 Å². The van der Waals surface area contributed by atoms with E-state index in [9.17, 15) is 20.1 Å². The number of esters is 1. The second kappa shape index (κ2) is 6.11. The summed E-state index contributed by atoms with van der Waals surface area (Å²) in [6, 6.07) is 0. The van der Waals surface area contributed by atoms with Crippen LogP contribution >= 0.6 is 0 Å². The van der Waals surface area contributed by atoms with E-state index in [0.29, 0.717) is 35.7 Å². The SMILES string of the molecule is CC1(C)CCC[C@]2(C)[C@H]3C[C@@H](O)[C@]4(C)C5=C(C(=O)OC5O)[C@H](O)C[C@H]4[C@]3(C)CC[C@@H]12. The largest absolute Gasteiger partial charge is 0.428 e. The molecule has 168 valence electrons. The molecule has 0 aromatic carbocycles. The predicted molar refractivity (Wildman–Crippen MR) is 112 cm³/mol. The van der Waals surface area contributed by atoms with Crippen LogP contribution in [0.25, 0.3) is 0 Å². The monoisotopic (exact) mass is 418 g/mol. The third-order valence-electron chi connectivity index (χ3n) is 10.9. The van der Waals surface area contributed by atoms with Gasteiger partial charge < -0.3 is 20.1 Å². The van der Waals surface area contributed by atoms with E-state index in [4.69, 9.17) is 4.74 Å². The first-order chi connectivity index (χ1) is 13.9. The van der Waals surface area contributed by atoms with Gasteiger partial charge >= 0.3 is 5.97 Å². The molecule has 3 saturated carbocycles. The van der Waals surface area contributed by atoms with Crippen LogP contribution in [0.2, 0.25) is 0 Å². The number of fused-ring (bicyclic) bond motifs is 6. The summed E-state index contributed by atoms with van der Waals surface area (Å²) in [6.07, 6.45) is 4.09. The molecule has 1 heterocycles. The molecular weight excluding hydrogens is 380 g/mol. The Balaban J connectivity index is 1.63. The fourth-order valence-electron chi connectivity index (χ4n) is 9.59. The lowest BCUT2D eigenvalue weighted by molar-refractivity contribution is -0.225. The van der Waals surface area contributed by atoms with Crippen molar-refractivity contribution in [3.63, 3.8) is 0 Å². The van der Waals surface area contributed by atoms with Gasteiger partial charge in [0.1, 0.15) is 0 Å². The van der Waals surface area contributed by atoms with Crippen LogP contribution in [0.3, 0.4) is 0 Å². The van der Waals surface area contributed by atoms with Gasteiger partial charge in [-0.05, 0) is 72.5 Å². The van der Waals surface area contributed by atoms with Crippen LogP contribution in [0.15, 0.2) is 11.1 Å².